The van der Waals surface area contributed by atoms with E-state index < -0.39 is 5.97 Å². The number of carbonyl (C=O) groups excluding carboxylic acids is 1. The van der Waals surface area contributed by atoms with Gasteiger partial charge >= 0.3 is 5.97 Å². The lowest BCUT2D eigenvalue weighted by Crippen LogP contribution is -2.09. The molecule has 1 aliphatic rings. The third-order valence-corrected chi connectivity index (χ3v) is 8.74. The summed E-state index contributed by atoms with van der Waals surface area (Å²) < 4.78 is 2.34. The van der Waals surface area contributed by atoms with Gasteiger partial charge < -0.3 is 9.40 Å². The lowest BCUT2D eigenvalue weighted by molar-refractivity contribution is 0.0519. The number of aryl methyl sites for hydroxylation is 2. The molecule has 0 amide bonds. The Morgan fingerprint density at radius 3 is 2.21 bits per heavy atom. The average molecular weight is 589 g/mol. The van der Waals surface area contributed by atoms with Crippen LogP contribution in [0, 0.1) is 13.8 Å². The summed E-state index contributed by atoms with van der Waals surface area (Å²) in [5.74, 6) is -0.476. The first-order valence-corrected chi connectivity index (χ1v) is 15.0. The number of allylic oxidation sites excluding steroid dienone is 1. The van der Waals surface area contributed by atoms with Gasteiger partial charge in [-0.2, -0.15) is 0 Å². The zero-order valence-corrected chi connectivity index (χ0v) is 25.0. The highest BCUT2D eigenvalue weighted by atomic mass is 35.5. The van der Waals surface area contributed by atoms with Crippen LogP contribution in [0.4, 0.5) is 0 Å². The van der Waals surface area contributed by atoms with Gasteiger partial charge in [0.25, 0.3) is 0 Å². The zero-order valence-electron chi connectivity index (χ0n) is 23.4. The maximum absolute atomic E-state index is 12.6. The predicted molar refractivity (Wildman–Crippen MR) is 174 cm³/mol. The van der Waals surface area contributed by atoms with Crippen molar-refractivity contribution < 1.29 is 9.63 Å². The molecule has 208 valence electrons. The topological polar surface area (TPSA) is 43.6 Å². The first-order chi connectivity index (χ1) is 20.5. The van der Waals surface area contributed by atoms with Crippen LogP contribution in [0.5, 0.6) is 0 Å². The molecule has 0 saturated carbocycles. The van der Waals surface area contributed by atoms with Gasteiger partial charge in [-0.15, -0.1) is 0 Å². The minimum atomic E-state index is -0.476. The van der Waals surface area contributed by atoms with Crippen LogP contribution in [-0.4, -0.2) is 16.8 Å². The number of fused-ring (bicyclic) bond motifs is 1. The number of hydrogen-bond donors (Lipinski definition) is 0. The summed E-state index contributed by atoms with van der Waals surface area (Å²) in [6, 6.07) is 36.5. The molecule has 6 rings (SSSR count). The van der Waals surface area contributed by atoms with E-state index in [2.05, 4.69) is 83.4 Å². The van der Waals surface area contributed by atoms with Gasteiger partial charge in [0.05, 0.1) is 17.5 Å². The molecule has 5 aromatic rings. The minimum absolute atomic E-state index is 0.472. The summed E-state index contributed by atoms with van der Waals surface area (Å²) in [6.45, 7) is 4.07. The normalized spacial score (nSPS) is 12.9. The molecule has 42 heavy (non-hydrogen) atoms. The smallest absolute Gasteiger partial charge is 0.313 e. The number of thioether (sulfide) groups is 1. The number of halogens is 1. The average Bonchev–Trinajstić information content (AvgIpc) is 3.40. The maximum Gasteiger partial charge on any atom is 0.365 e. The van der Waals surface area contributed by atoms with Gasteiger partial charge in [-0.25, -0.2) is 4.79 Å². The van der Waals surface area contributed by atoms with Gasteiger partial charge in [0.1, 0.15) is 0 Å². The molecule has 0 radical (unpaired) electrons. The molecule has 4 nitrogen and oxygen atoms in total. The highest BCUT2D eigenvalue weighted by molar-refractivity contribution is 8.08. The van der Waals surface area contributed by atoms with Crippen LogP contribution in [0.25, 0.3) is 21.8 Å². The van der Waals surface area contributed by atoms with E-state index in [0.717, 1.165) is 56.3 Å². The van der Waals surface area contributed by atoms with Gasteiger partial charge in [-0.05, 0) is 92.4 Å². The molecule has 4 aromatic carbocycles. The standard InChI is InChI=1S/C36H29ClN2O2S/c1-24-8-12-27(13-9-24)36(40)41-38-23-28-14-21-33-32(35(28)42-31-19-10-25(2)11-20-31)22-34(26-6-4-3-5-7-26)39(33)30-17-15-29(37)16-18-30/h3-13,15-20,22-23H,14,21H2,1-2H3. The van der Waals surface area contributed by atoms with Crippen molar-refractivity contribution in [3.8, 4) is 16.9 Å². The molecule has 0 saturated heterocycles. The van der Waals surface area contributed by atoms with Crippen LogP contribution >= 0.6 is 23.4 Å². The molecule has 0 spiro atoms. The highest BCUT2D eigenvalue weighted by Gasteiger charge is 2.26. The number of rotatable bonds is 7. The number of hydrogen-bond acceptors (Lipinski definition) is 4. The van der Waals surface area contributed by atoms with Crippen molar-refractivity contribution in [3.05, 3.63) is 148 Å². The Balaban J connectivity index is 1.44. The number of nitrogens with zero attached hydrogens (tertiary/aromatic N) is 2. The molecule has 1 heterocycles. The largest absolute Gasteiger partial charge is 0.365 e. The van der Waals surface area contributed by atoms with Crippen LogP contribution in [-0.2, 0) is 11.3 Å². The molecule has 0 N–H and O–H groups in total. The van der Waals surface area contributed by atoms with Crippen molar-refractivity contribution in [2.24, 2.45) is 5.16 Å². The first-order valence-electron chi connectivity index (χ1n) is 13.8. The molecule has 0 fully saturated rings. The van der Waals surface area contributed by atoms with Crippen molar-refractivity contribution in [1.82, 2.24) is 4.57 Å². The fourth-order valence-corrected chi connectivity index (χ4v) is 6.29. The summed E-state index contributed by atoms with van der Waals surface area (Å²) in [5, 5.41) is 4.86. The Morgan fingerprint density at radius 2 is 1.52 bits per heavy atom. The van der Waals surface area contributed by atoms with Crippen LogP contribution in [0.1, 0.15) is 39.2 Å². The van der Waals surface area contributed by atoms with Gasteiger partial charge in [-0.3, -0.25) is 0 Å². The van der Waals surface area contributed by atoms with Crippen LogP contribution < -0.4 is 0 Å². The van der Waals surface area contributed by atoms with Crippen molar-refractivity contribution in [2.45, 2.75) is 31.6 Å². The molecule has 0 bridgehead atoms. The number of carbonyl (C=O) groups is 1. The Bertz CT molecular complexity index is 1790. The second-order valence-corrected chi connectivity index (χ2v) is 11.8. The van der Waals surface area contributed by atoms with E-state index in [1.807, 2.05) is 37.3 Å². The van der Waals surface area contributed by atoms with Gasteiger partial charge in [0, 0.05) is 31.8 Å². The Morgan fingerprint density at radius 1 is 0.857 bits per heavy atom. The summed E-state index contributed by atoms with van der Waals surface area (Å²) in [4.78, 5) is 20.2. The molecule has 1 aromatic heterocycles. The van der Waals surface area contributed by atoms with E-state index in [0.29, 0.717) is 10.6 Å². The highest BCUT2D eigenvalue weighted by Crippen LogP contribution is 2.45. The van der Waals surface area contributed by atoms with Crippen LogP contribution in [0.2, 0.25) is 5.02 Å². The van der Waals surface area contributed by atoms with Crippen molar-refractivity contribution in [1.29, 1.82) is 0 Å². The third-order valence-electron chi connectivity index (χ3n) is 7.30. The SMILES string of the molecule is Cc1ccc(SC2=C(C=NOC(=O)c3ccc(C)cc3)CCc3c2cc(-c2ccccc2)n3-c2ccc(Cl)cc2)cc1. The Labute approximate surface area is 255 Å². The second kappa shape index (κ2) is 12.3. The van der Waals surface area contributed by atoms with Gasteiger partial charge in [0.15, 0.2) is 0 Å². The molecule has 0 aliphatic heterocycles. The van der Waals surface area contributed by atoms with Gasteiger partial charge in [-0.1, -0.05) is 94.2 Å². The number of aromatic nitrogens is 1. The Kier molecular flexibility index (Phi) is 8.13. The van der Waals surface area contributed by atoms with E-state index >= 15 is 0 Å². The lowest BCUT2D eigenvalue weighted by Gasteiger charge is -2.21. The predicted octanol–water partition coefficient (Wildman–Crippen LogP) is 9.71. The van der Waals surface area contributed by atoms with E-state index in [-0.39, 0.29) is 0 Å². The first kappa shape index (κ1) is 27.8. The Hall–Kier alpha value is -4.32. The van der Waals surface area contributed by atoms with Crippen molar-refractivity contribution >= 4 is 40.5 Å². The van der Waals surface area contributed by atoms with E-state index in [4.69, 9.17) is 16.4 Å². The lowest BCUT2D eigenvalue weighted by atomic mass is 9.97. The monoisotopic (exact) mass is 588 g/mol. The summed E-state index contributed by atoms with van der Waals surface area (Å²) >= 11 is 7.97. The number of benzene rings is 4. The molecule has 1 aliphatic carbocycles. The molecule has 6 heteroatoms. The third kappa shape index (κ3) is 5.98. The van der Waals surface area contributed by atoms with Crippen LogP contribution in [0.3, 0.4) is 0 Å². The maximum atomic E-state index is 12.6. The van der Waals surface area contributed by atoms with E-state index in [1.54, 1.807) is 30.1 Å². The fourth-order valence-electron chi connectivity index (χ4n) is 5.09. The van der Waals surface area contributed by atoms with E-state index in [9.17, 15) is 4.79 Å². The van der Waals surface area contributed by atoms with Crippen molar-refractivity contribution in [3.63, 3.8) is 0 Å². The summed E-state index contributed by atoms with van der Waals surface area (Å²) in [7, 11) is 0. The fraction of sp³-hybridized carbons (Fsp3) is 0.111. The number of oxime groups is 1. The zero-order chi connectivity index (χ0) is 29.1. The van der Waals surface area contributed by atoms with Crippen molar-refractivity contribution in [2.75, 3.05) is 0 Å². The van der Waals surface area contributed by atoms with Crippen LogP contribution in [0.15, 0.2) is 125 Å². The van der Waals surface area contributed by atoms with E-state index in [1.165, 1.54) is 11.3 Å². The summed E-state index contributed by atoms with van der Waals surface area (Å²) in [5.41, 5.74) is 9.45. The van der Waals surface area contributed by atoms with Gasteiger partial charge in [0.2, 0.25) is 0 Å². The molecule has 0 atom stereocenters. The second-order valence-electron chi connectivity index (χ2n) is 10.3. The molecular weight excluding hydrogens is 560 g/mol. The molecular formula is C36H29ClN2O2S. The minimum Gasteiger partial charge on any atom is -0.313 e. The quantitative estimate of drug-likeness (QED) is 0.108. The summed E-state index contributed by atoms with van der Waals surface area (Å²) in [6.07, 6.45) is 3.25. The molecule has 0 unspecified atom stereocenters.